The molecule has 3 heterocycles. The van der Waals surface area contributed by atoms with Gasteiger partial charge in [0.15, 0.2) is 0 Å². The van der Waals surface area contributed by atoms with E-state index in [-0.39, 0.29) is 24.3 Å². The first-order valence-corrected chi connectivity index (χ1v) is 17.3. The molecule has 2 amide bonds. The minimum Gasteiger partial charge on any atom is -0.370 e. The Balaban J connectivity index is 0.00000248. The average Bonchev–Trinajstić information content (AvgIpc) is 3.37. The van der Waals surface area contributed by atoms with Crippen molar-refractivity contribution in [3.63, 3.8) is 0 Å². The van der Waals surface area contributed by atoms with Crippen molar-refractivity contribution in [3.8, 4) is 0 Å². The topological polar surface area (TPSA) is 92.8 Å². The Morgan fingerprint density at radius 1 is 1.02 bits per heavy atom. The van der Waals surface area contributed by atoms with Gasteiger partial charge in [0.25, 0.3) is 0 Å². The molecule has 0 aromatic heterocycles. The lowest BCUT2D eigenvalue weighted by Crippen LogP contribution is -2.49. The number of ether oxygens (including phenoxy) is 1. The summed E-state index contributed by atoms with van der Waals surface area (Å²) in [6.45, 7) is 16.5. The summed E-state index contributed by atoms with van der Waals surface area (Å²) in [7, 11) is 0. The summed E-state index contributed by atoms with van der Waals surface area (Å²) in [5, 5.41) is 13.0. The lowest BCUT2D eigenvalue weighted by atomic mass is 9.97. The largest absolute Gasteiger partial charge is 0.370 e. The zero-order valence-electron chi connectivity index (χ0n) is 25.8. The lowest BCUT2D eigenvalue weighted by Gasteiger charge is -2.38. The molecular formula is C30H48Cl2IN7O3. The number of nitrogens with zero attached hydrogens (tertiary/aromatic N) is 5. The molecule has 2 N–H and O–H groups in total. The molecule has 3 aliphatic heterocycles. The van der Waals surface area contributed by atoms with Gasteiger partial charge in [0.05, 0.1) is 28.9 Å². The Hall–Kier alpha value is -1.22. The molecule has 2 fully saturated rings. The predicted molar refractivity (Wildman–Crippen MR) is 184 cm³/mol. The van der Waals surface area contributed by atoms with Crippen LogP contribution >= 0.6 is 46.1 Å². The van der Waals surface area contributed by atoms with E-state index < -0.39 is 0 Å². The van der Waals surface area contributed by atoms with Gasteiger partial charge >= 0.3 is 0 Å². The van der Waals surface area contributed by atoms with Crippen molar-refractivity contribution in [3.05, 3.63) is 28.2 Å². The molecular weight excluding hydrogens is 704 g/mol. The second-order valence-electron chi connectivity index (χ2n) is 11.1. The lowest BCUT2D eigenvalue weighted by molar-refractivity contribution is -0.126. The fourth-order valence-corrected chi connectivity index (χ4v) is 6.16. The molecule has 3 aliphatic rings. The Bertz CT molecular complexity index is 1050. The first kappa shape index (κ1) is 36.3. The van der Waals surface area contributed by atoms with Crippen molar-refractivity contribution in [2.45, 2.75) is 46.5 Å². The zero-order valence-corrected chi connectivity index (χ0v) is 29.5. The van der Waals surface area contributed by atoms with Gasteiger partial charge in [-0.15, -0.1) is 0 Å². The van der Waals surface area contributed by atoms with E-state index in [1.165, 1.54) is 32.5 Å². The van der Waals surface area contributed by atoms with E-state index in [9.17, 15) is 9.59 Å². The molecule has 1 aromatic carbocycles. The average molecular weight is 753 g/mol. The van der Waals surface area contributed by atoms with Gasteiger partial charge in [0.2, 0.25) is 11.8 Å². The van der Waals surface area contributed by atoms with Crippen molar-refractivity contribution < 1.29 is 14.3 Å². The van der Waals surface area contributed by atoms with Gasteiger partial charge in [-0.05, 0) is 43.4 Å². The molecule has 0 radical (unpaired) electrons. The molecule has 0 aliphatic carbocycles. The summed E-state index contributed by atoms with van der Waals surface area (Å²) in [6, 6.07) is 5.34. The zero-order chi connectivity index (χ0) is 31.2. The fourth-order valence-electron chi connectivity index (χ4n) is 5.31. The minimum absolute atomic E-state index is 0.0422. The van der Waals surface area contributed by atoms with E-state index in [4.69, 9.17) is 27.9 Å². The molecule has 1 unspecified atom stereocenters. The number of amidine groups is 1. The number of nitrogens with one attached hydrogen (secondary N) is 2. The highest BCUT2D eigenvalue weighted by Crippen LogP contribution is 2.29. The molecule has 2 saturated heterocycles. The van der Waals surface area contributed by atoms with Gasteiger partial charge in [-0.3, -0.25) is 19.5 Å². The quantitative estimate of drug-likeness (QED) is 0.185. The van der Waals surface area contributed by atoms with E-state index in [1.807, 2.05) is 26.8 Å². The van der Waals surface area contributed by atoms with Crippen LogP contribution in [0.3, 0.4) is 0 Å². The number of anilines is 1. The van der Waals surface area contributed by atoms with Gasteiger partial charge < -0.3 is 20.3 Å². The van der Waals surface area contributed by atoms with Crippen LogP contribution in [0.4, 0.5) is 5.69 Å². The number of hydrogen-bond acceptors (Lipinski definition) is 8. The summed E-state index contributed by atoms with van der Waals surface area (Å²) in [6.07, 6.45) is 3.45. The van der Waals surface area contributed by atoms with Crippen LogP contribution in [0, 0.1) is 11.8 Å². The number of hydrogen-bond donors (Lipinski definition) is 2. The van der Waals surface area contributed by atoms with Crippen molar-refractivity contribution in [1.82, 2.24) is 23.5 Å². The molecule has 0 spiro atoms. The minimum atomic E-state index is -0.154. The molecule has 0 saturated carbocycles. The fraction of sp³-hybridized carbons (Fsp3) is 0.700. The highest BCUT2D eigenvalue weighted by Gasteiger charge is 2.26. The summed E-state index contributed by atoms with van der Waals surface area (Å²) < 4.78 is 8.00. The van der Waals surface area contributed by atoms with Crippen LogP contribution in [-0.4, -0.2) is 109 Å². The SMILES string of the molecule is CC.CC1CN(c2ccc(Cl)c(Cl)c2)N=C1NC(=O)CCCNC(=O)COCCN1CCN(CC2CCN(I)CC2)CC1. The molecule has 13 heteroatoms. The van der Waals surface area contributed by atoms with E-state index in [2.05, 4.69) is 51.5 Å². The van der Waals surface area contributed by atoms with Crippen LogP contribution in [0.1, 0.15) is 46.5 Å². The van der Waals surface area contributed by atoms with Crippen molar-refractivity contribution in [1.29, 1.82) is 0 Å². The van der Waals surface area contributed by atoms with E-state index in [0.29, 0.717) is 48.4 Å². The Morgan fingerprint density at radius 3 is 2.42 bits per heavy atom. The van der Waals surface area contributed by atoms with Crippen molar-refractivity contribution >= 4 is 69.4 Å². The number of carbonyl (C=O) groups is 2. The molecule has 1 aromatic rings. The van der Waals surface area contributed by atoms with E-state index in [0.717, 1.165) is 44.3 Å². The van der Waals surface area contributed by atoms with Gasteiger partial charge in [0.1, 0.15) is 12.4 Å². The van der Waals surface area contributed by atoms with Gasteiger partial charge in [-0.1, -0.05) is 44.0 Å². The standard InChI is InChI=1S/C28H42Cl2IN7O3.C2H6/c1-21-18-38(23-4-5-24(29)25(30)17-23)34-28(21)33-26(39)3-2-8-32-27(40)20-41-16-15-35-11-13-36(14-12-35)19-22-6-9-37(31)10-7-22;1-2/h4-5,17,21-22H,2-3,6-16,18-20H2,1H3,(H,32,40)(H,33,34,39);1-2H3. The highest BCUT2D eigenvalue weighted by molar-refractivity contribution is 14.1. The smallest absolute Gasteiger partial charge is 0.245 e. The maximum Gasteiger partial charge on any atom is 0.245 e. The van der Waals surface area contributed by atoms with E-state index in [1.54, 1.807) is 17.1 Å². The maximum absolute atomic E-state index is 12.4. The van der Waals surface area contributed by atoms with Crippen LogP contribution in [0.15, 0.2) is 23.3 Å². The third kappa shape index (κ3) is 12.6. The second kappa shape index (κ2) is 19.3. The van der Waals surface area contributed by atoms with E-state index >= 15 is 0 Å². The predicted octanol–water partition coefficient (Wildman–Crippen LogP) is 4.50. The Kier molecular flexibility index (Phi) is 16.3. The Morgan fingerprint density at radius 2 is 1.72 bits per heavy atom. The normalized spacial score (nSPS) is 20.4. The number of carbonyl (C=O) groups excluding carboxylic acids is 2. The number of rotatable bonds is 12. The van der Waals surface area contributed by atoms with Gasteiger partial charge in [0, 0.05) is 94.1 Å². The summed E-state index contributed by atoms with van der Waals surface area (Å²) in [5.41, 5.74) is 0.821. The van der Waals surface area contributed by atoms with Crippen LogP contribution in [0.5, 0.6) is 0 Å². The number of benzene rings is 1. The maximum atomic E-state index is 12.4. The van der Waals surface area contributed by atoms with Crippen LogP contribution in [0.25, 0.3) is 0 Å². The third-order valence-corrected chi connectivity index (χ3v) is 9.54. The monoisotopic (exact) mass is 751 g/mol. The molecule has 0 bridgehead atoms. The molecule has 4 rings (SSSR count). The first-order valence-electron chi connectivity index (χ1n) is 15.6. The summed E-state index contributed by atoms with van der Waals surface area (Å²) in [4.78, 5) is 29.6. The molecule has 43 heavy (non-hydrogen) atoms. The Labute approximate surface area is 281 Å². The molecule has 10 nitrogen and oxygen atoms in total. The number of piperazine rings is 1. The third-order valence-electron chi connectivity index (χ3n) is 7.84. The first-order chi connectivity index (χ1) is 20.8. The number of hydrazone groups is 1. The van der Waals surface area contributed by atoms with Crippen molar-refractivity contribution in [2.75, 3.05) is 83.7 Å². The summed E-state index contributed by atoms with van der Waals surface area (Å²) >= 11 is 14.6. The summed E-state index contributed by atoms with van der Waals surface area (Å²) in [5.74, 6) is 1.25. The van der Waals surface area contributed by atoms with Gasteiger partial charge in [-0.25, -0.2) is 3.11 Å². The highest BCUT2D eigenvalue weighted by atomic mass is 127. The van der Waals surface area contributed by atoms with Crippen LogP contribution in [-0.2, 0) is 14.3 Å². The van der Waals surface area contributed by atoms with Crippen molar-refractivity contribution in [2.24, 2.45) is 16.9 Å². The van der Waals surface area contributed by atoms with Crippen LogP contribution in [0.2, 0.25) is 10.0 Å². The van der Waals surface area contributed by atoms with Crippen LogP contribution < -0.4 is 15.6 Å². The molecule has 1 atom stereocenters. The number of piperidine rings is 1. The second-order valence-corrected chi connectivity index (χ2v) is 13.3. The number of halogens is 3. The molecule has 242 valence electrons. The van der Waals surface area contributed by atoms with Gasteiger partial charge in [-0.2, -0.15) is 5.10 Å². The number of amides is 2.